The van der Waals surface area contributed by atoms with Crippen LogP contribution in [0.1, 0.15) is 80.9 Å². The van der Waals surface area contributed by atoms with Gasteiger partial charge in [0.2, 0.25) is 0 Å². The van der Waals surface area contributed by atoms with Crippen LogP contribution in [0.15, 0.2) is 48.5 Å². The van der Waals surface area contributed by atoms with E-state index < -0.39 is 11.9 Å². The Balaban J connectivity index is 1.30. The number of ether oxygens (including phenoxy) is 3. The van der Waals surface area contributed by atoms with Crippen LogP contribution in [-0.2, 0) is 20.6 Å². The minimum atomic E-state index is -0.633. The third-order valence-corrected chi connectivity index (χ3v) is 6.57. The minimum absolute atomic E-state index is 0.0973. The summed E-state index contributed by atoms with van der Waals surface area (Å²) in [5.41, 5.74) is 3.88. The van der Waals surface area contributed by atoms with Crippen LogP contribution in [0, 0.1) is 0 Å². The lowest BCUT2D eigenvalue weighted by atomic mass is 9.78. The van der Waals surface area contributed by atoms with Gasteiger partial charge in [-0.05, 0) is 62.9 Å². The molecule has 35 heavy (non-hydrogen) atoms. The second kappa shape index (κ2) is 10.3. The van der Waals surface area contributed by atoms with Gasteiger partial charge < -0.3 is 19.5 Å². The van der Waals surface area contributed by atoms with E-state index >= 15 is 0 Å². The van der Waals surface area contributed by atoms with Gasteiger partial charge in [-0.1, -0.05) is 61.9 Å². The number of benzene rings is 2. The maximum atomic E-state index is 12.7. The van der Waals surface area contributed by atoms with Crippen LogP contribution < -0.4 is 5.32 Å². The minimum Gasteiger partial charge on any atom is -0.454 e. The Kier molecular flexibility index (Phi) is 7.51. The lowest BCUT2D eigenvalue weighted by molar-refractivity contribution is -0.317. The third kappa shape index (κ3) is 6.81. The quantitative estimate of drug-likeness (QED) is 0.407. The van der Waals surface area contributed by atoms with Crippen molar-refractivity contribution in [3.05, 3.63) is 70.8 Å². The van der Waals surface area contributed by atoms with Crippen molar-refractivity contribution in [2.75, 3.05) is 13.2 Å². The summed E-state index contributed by atoms with van der Waals surface area (Å²) in [5.74, 6) is -0.989. The Morgan fingerprint density at radius 2 is 1.43 bits per heavy atom. The third-order valence-electron chi connectivity index (χ3n) is 6.57. The van der Waals surface area contributed by atoms with Gasteiger partial charge in [0.05, 0.1) is 18.8 Å². The van der Waals surface area contributed by atoms with Gasteiger partial charge in [0.25, 0.3) is 0 Å². The molecule has 0 amide bonds. The lowest BCUT2D eigenvalue weighted by Gasteiger charge is -2.53. The Morgan fingerprint density at radius 1 is 0.914 bits per heavy atom. The predicted molar refractivity (Wildman–Crippen MR) is 140 cm³/mol. The van der Waals surface area contributed by atoms with E-state index in [1.807, 2.05) is 18.2 Å². The largest absolute Gasteiger partial charge is 0.454 e. The average Bonchev–Trinajstić information content (AvgIpc) is 2.79. The fourth-order valence-electron chi connectivity index (χ4n) is 5.49. The van der Waals surface area contributed by atoms with Crippen molar-refractivity contribution < 1.29 is 19.0 Å². The maximum absolute atomic E-state index is 12.7. The van der Waals surface area contributed by atoms with Gasteiger partial charge in [-0.15, -0.1) is 0 Å². The van der Waals surface area contributed by atoms with E-state index in [0.29, 0.717) is 18.8 Å². The highest BCUT2D eigenvalue weighted by molar-refractivity contribution is 5.90. The van der Waals surface area contributed by atoms with Crippen LogP contribution in [0.3, 0.4) is 0 Å². The van der Waals surface area contributed by atoms with Gasteiger partial charge >= 0.3 is 5.97 Å². The summed E-state index contributed by atoms with van der Waals surface area (Å²) in [6.07, 6.45) is 7.48. The van der Waals surface area contributed by atoms with Crippen LogP contribution in [0.2, 0.25) is 0 Å². The first-order valence-electron chi connectivity index (χ1n) is 12.7. The summed E-state index contributed by atoms with van der Waals surface area (Å²) >= 11 is 0. The van der Waals surface area contributed by atoms with Gasteiger partial charge in [0.15, 0.2) is 5.79 Å². The zero-order chi connectivity index (χ0) is 25.1. The van der Waals surface area contributed by atoms with E-state index in [9.17, 15) is 4.79 Å². The molecular formula is C30H39NO4. The normalized spacial score (nSPS) is 21.3. The number of aryl methyl sites for hydroxylation is 1. The van der Waals surface area contributed by atoms with Gasteiger partial charge in [-0.2, -0.15) is 0 Å². The van der Waals surface area contributed by atoms with E-state index in [-0.39, 0.29) is 17.0 Å². The second-order valence-electron chi connectivity index (χ2n) is 11.3. The maximum Gasteiger partial charge on any atom is 0.338 e. The fourth-order valence-corrected chi connectivity index (χ4v) is 5.49. The Labute approximate surface area is 209 Å². The first-order valence-corrected chi connectivity index (χ1v) is 12.7. The fraction of sp³-hybridized carbons (Fsp3) is 0.500. The molecule has 1 spiro atoms. The molecule has 2 aromatic rings. The average molecular weight is 478 g/mol. The van der Waals surface area contributed by atoms with Gasteiger partial charge in [-0.3, -0.25) is 0 Å². The van der Waals surface area contributed by atoms with E-state index in [2.05, 4.69) is 70.3 Å². The molecular weight excluding hydrogens is 438 g/mol. The number of hydrogen-bond acceptors (Lipinski definition) is 5. The standard InChI is InChI=1S/C30H39NO4/c1-6-7-22-8-10-23(11-9-22)12-13-24-14-16-25(17-15-24)27(32)35-26-18-33-30(34-19-26)20-28(2,3)31-29(4,5)21-30/h8-17,26,31H,6-7,18-21H2,1-5H3/b13-12+. The molecule has 2 heterocycles. The molecule has 2 aliphatic rings. The molecule has 0 saturated carbocycles. The highest BCUT2D eigenvalue weighted by Gasteiger charge is 2.51. The topological polar surface area (TPSA) is 56.8 Å². The molecule has 0 radical (unpaired) electrons. The van der Waals surface area contributed by atoms with E-state index in [1.165, 1.54) is 5.56 Å². The first-order chi connectivity index (χ1) is 16.6. The zero-order valence-electron chi connectivity index (χ0n) is 21.7. The number of hydrogen-bond donors (Lipinski definition) is 1. The molecule has 0 aliphatic carbocycles. The summed E-state index contributed by atoms with van der Waals surface area (Å²) in [4.78, 5) is 12.7. The van der Waals surface area contributed by atoms with Crippen molar-refractivity contribution in [1.29, 1.82) is 0 Å². The highest BCUT2D eigenvalue weighted by atomic mass is 16.7. The van der Waals surface area contributed by atoms with Crippen molar-refractivity contribution in [3.8, 4) is 0 Å². The molecule has 2 aromatic carbocycles. The number of nitrogens with one attached hydrogen (secondary N) is 1. The number of rotatable bonds is 6. The number of esters is 1. The molecule has 0 unspecified atom stereocenters. The molecule has 5 nitrogen and oxygen atoms in total. The van der Waals surface area contributed by atoms with Crippen molar-refractivity contribution in [3.63, 3.8) is 0 Å². The Hall–Kier alpha value is -2.47. The van der Waals surface area contributed by atoms with Crippen molar-refractivity contribution in [2.45, 2.75) is 83.3 Å². The lowest BCUT2D eigenvalue weighted by Crippen LogP contribution is -2.66. The monoisotopic (exact) mass is 477 g/mol. The molecule has 0 aromatic heterocycles. The van der Waals surface area contributed by atoms with E-state index in [4.69, 9.17) is 14.2 Å². The summed E-state index contributed by atoms with van der Waals surface area (Å²) in [6, 6.07) is 16.1. The predicted octanol–water partition coefficient (Wildman–Crippen LogP) is 6.02. The van der Waals surface area contributed by atoms with Gasteiger partial charge in [-0.25, -0.2) is 4.79 Å². The van der Waals surface area contributed by atoms with Crippen LogP contribution in [0.4, 0.5) is 0 Å². The molecule has 2 aliphatic heterocycles. The van der Waals surface area contributed by atoms with Crippen LogP contribution in [0.25, 0.3) is 12.2 Å². The molecule has 2 saturated heterocycles. The SMILES string of the molecule is CCCc1ccc(/C=C/c2ccc(C(=O)OC3COC4(CC(C)(C)NC(C)(C)C4)OC3)cc2)cc1. The summed E-state index contributed by atoms with van der Waals surface area (Å²) in [5, 5.41) is 3.65. The summed E-state index contributed by atoms with van der Waals surface area (Å²) < 4.78 is 18.1. The Morgan fingerprint density at radius 3 is 1.94 bits per heavy atom. The van der Waals surface area contributed by atoms with Crippen LogP contribution in [-0.4, -0.2) is 42.2 Å². The highest BCUT2D eigenvalue weighted by Crippen LogP contribution is 2.41. The van der Waals surface area contributed by atoms with Gasteiger partial charge in [0, 0.05) is 23.9 Å². The van der Waals surface area contributed by atoms with Crippen LogP contribution >= 0.6 is 0 Å². The number of piperidine rings is 1. The van der Waals surface area contributed by atoms with Crippen molar-refractivity contribution >= 4 is 18.1 Å². The second-order valence-corrected chi connectivity index (χ2v) is 11.3. The molecule has 4 rings (SSSR count). The molecule has 2 fully saturated rings. The smallest absolute Gasteiger partial charge is 0.338 e. The molecule has 0 bridgehead atoms. The molecule has 1 N–H and O–H groups in total. The van der Waals surface area contributed by atoms with Gasteiger partial charge in [0.1, 0.15) is 6.10 Å². The van der Waals surface area contributed by atoms with E-state index in [0.717, 1.165) is 36.8 Å². The summed E-state index contributed by atoms with van der Waals surface area (Å²) in [6.45, 7) is 11.5. The number of carbonyl (C=O) groups excluding carboxylic acids is 1. The summed E-state index contributed by atoms with van der Waals surface area (Å²) in [7, 11) is 0. The first kappa shape index (κ1) is 25.6. The Bertz CT molecular complexity index is 1010. The van der Waals surface area contributed by atoms with Crippen molar-refractivity contribution in [2.24, 2.45) is 0 Å². The number of carbonyl (C=O) groups is 1. The van der Waals surface area contributed by atoms with Crippen molar-refractivity contribution in [1.82, 2.24) is 5.32 Å². The van der Waals surface area contributed by atoms with Crippen LogP contribution in [0.5, 0.6) is 0 Å². The molecule has 0 atom stereocenters. The zero-order valence-corrected chi connectivity index (χ0v) is 21.7. The molecule has 5 heteroatoms. The molecule has 188 valence electrons. The van der Waals surface area contributed by atoms with E-state index in [1.54, 1.807) is 12.1 Å².